The van der Waals surface area contributed by atoms with Gasteiger partial charge in [-0.3, -0.25) is 4.79 Å². The van der Waals surface area contributed by atoms with Crippen LogP contribution in [0.3, 0.4) is 0 Å². The molecule has 4 heteroatoms. The Morgan fingerprint density at radius 3 is 2.35 bits per heavy atom. The molecule has 4 nitrogen and oxygen atoms in total. The van der Waals surface area contributed by atoms with E-state index in [-0.39, 0.29) is 11.3 Å². The van der Waals surface area contributed by atoms with E-state index in [0.29, 0.717) is 24.5 Å². The topological polar surface area (TPSA) is 67.2 Å². The van der Waals surface area contributed by atoms with Crippen LogP contribution >= 0.6 is 0 Å². The molecule has 0 atom stereocenters. The zero-order valence-electron chi connectivity index (χ0n) is 12.8. The summed E-state index contributed by atoms with van der Waals surface area (Å²) in [7, 11) is 0. The highest BCUT2D eigenvalue weighted by atomic mass is 16.1. The van der Waals surface area contributed by atoms with Crippen LogP contribution in [-0.4, -0.2) is 24.4 Å². The van der Waals surface area contributed by atoms with E-state index in [4.69, 9.17) is 5.73 Å². The van der Waals surface area contributed by atoms with Gasteiger partial charge in [0.1, 0.15) is 5.82 Å². The summed E-state index contributed by atoms with van der Waals surface area (Å²) in [5.74, 6) is 0.676. The molecule has 4 N–H and O–H groups in total. The molecule has 0 aliphatic heterocycles. The van der Waals surface area contributed by atoms with Gasteiger partial charge in [0.05, 0.1) is 0 Å². The molecular formula is C16H25N3O. The lowest BCUT2D eigenvalue weighted by molar-refractivity contribution is 0.104. The summed E-state index contributed by atoms with van der Waals surface area (Å²) in [4.78, 5) is 12.2. The van der Waals surface area contributed by atoms with Crippen LogP contribution in [0.2, 0.25) is 0 Å². The van der Waals surface area contributed by atoms with Crippen molar-refractivity contribution in [3.63, 3.8) is 0 Å². The Bertz CT molecular complexity index is 469. The third-order valence-electron chi connectivity index (χ3n) is 2.58. The molecule has 0 fully saturated rings. The Morgan fingerprint density at radius 2 is 1.85 bits per heavy atom. The van der Waals surface area contributed by atoms with Crippen molar-refractivity contribution in [1.29, 1.82) is 0 Å². The molecule has 1 aromatic rings. The average Bonchev–Trinajstić information content (AvgIpc) is 2.35. The van der Waals surface area contributed by atoms with Crippen molar-refractivity contribution < 1.29 is 4.79 Å². The second-order valence-corrected chi connectivity index (χ2v) is 5.88. The van der Waals surface area contributed by atoms with Crippen LogP contribution in [0.1, 0.15) is 36.7 Å². The molecule has 0 aliphatic rings. The lowest BCUT2D eigenvalue weighted by Gasteiger charge is -2.25. The fourth-order valence-corrected chi connectivity index (χ4v) is 1.67. The summed E-state index contributed by atoms with van der Waals surface area (Å²) in [5, 5.41) is 6.42. The minimum atomic E-state index is -0.124. The molecule has 0 amide bonds. The van der Waals surface area contributed by atoms with E-state index < -0.39 is 0 Å². The number of aryl methyl sites for hydroxylation is 1. The second kappa shape index (κ2) is 7.10. The minimum Gasteiger partial charge on any atom is -0.371 e. The van der Waals surface area contributed by atoms with Crippen molar-refractivity contribution in [3.05, 3.63) is 47.3 Å². The van der Waals surface area contributed by atoms with E-state index in [9.17, 15) is 4.79 Å². The van der Waals surface area contributed by atoms with E-state index in [1.807, 2.05) is 52.0 Å². The van der Waals surface area contributed by atoms with E-state index in [0.717, 1.165) is 5.56 Å². The standard InChI is InChI=1S/C16H25N3O/c1-12-5-7-13(8-6-12)14(20)11-15(18-10-9-17)19-16(2,3)4/h5-8,11,18-19H,9-10,17H2,1-4H3/b15-11-. The van der Waals surface area contributed by atoms with Crippen molar-refractivity contribution in [3.8, 4) is 0 Å². The Balaban J connectivity index is 2.87. The van der Waals surface area contributed by atoms with E-state index >= 15 is 0 Å². The molecule has 20 heavy (non-hydrogen) atoms. The van der Waals surface area contributed by atoms with Crippen molar-refractivity contribution in [1.82, 2.24) is 10.6 Å². The smallest absolute Gasteiger partial charge is 0.189 e. The Morgan fingerprint density at radius 1 is 1.25 bits per heavy atom. The molecule has 0 aliphatic carbocycles. The van der Waals surface area contributed by atoms with Crippen LogP contribution in [0, 0.1) is 6.92 Å². The number of hydrogen-bond acceptors (Lipinski definition) is 4. The van der Waals surface area contributed by atoms with Crippen molar-refractivity contribution >= 4 is 5.78 Å². The van der Waals surface area contributed by atoms with Crippen LogP contribution in [0.4, 0.5) is 0 Å². The quantitative estimate of drug-likeness (QED) is 0.548. The van der Waals surface area contributed by atoms with Crippen molar-refractivity contribution in [2.75, 3.05) is 13.1 Å². The number of carbonyl (C=O) groups is 1. The Hall–Kier alpha value is -1.81. The molecule has 0 saturated heterocycles. The number of nitrogens with two attached hydrogens (primary N) is 1. The van der Waals surface area contributed by atoms with Gasteiger partial charge in [-0.2, -0.15) is 0 Å². The zero-order valence-corrected chi connectivity index (χ0v) is 12.8. The van der Waals surface area contributed by atoms with Crippen LogP contribution in [0.15, 0.2) is 36.2 Å². The molecule has 0 unspecified atom stereocenters. The number of rotatable bonds is 6. The molecule has 1 aromatic carbocycles. The first kappa shape index (κ1) is 16.2. The molecular weight excluding hydrogens is 250 g/mol. The monoisotopic (exact) mass is 275 g/mol. The fourth-order valence-electron chi connectivity index (χ4n) is 1.67. The maximum atomic E-state index is 12.2. The molecule has 0 spiro atoms. The summed E-state index contributed by atoms with van der Waals surface area (Å²) in [5.41, 5.74) is 7.19. The fraction of sp³-hybridized carbons (Fsp3) is 0.438. The van der Waals surface area contributed by atoms with Gasteiger partial charge in [0.15, 0.2) is 5.78 Å². The molecule has 0 radical (unpaired) electrons. The first-order valence-electron chi connectivity index (χ1n) is 6.86. The van der Waals surface area contributed by atoms with Gasteiger partial charge in [-0.25, -0.2) is 0 Å². The Labute approximate surface area is 121 Å². The van der Waals surface area contributed by atoms with E-state index in [2.05, 4.69) is 10.6 Å². The average molecular weight is 275 g/mol. The van der Waals surface area contributed by atoms with E-state index in [1.165, 1.54) is 0 Å². The highest BCUT2D eigenvalue weighted by Crippen LogP contribution is 2.07. The van der Waals surface area contributed by atoms with Crippen LogP contribution in [0.5, 0.6) is 0 Å². The van der Waals surface area contributed by atoms with E-state index in [1.54, 1.807) is 6.08 Å². The summed E-state index contributed by atoms with van der Waals surface area (Å²) >= 11 is 0. The van der Waals surface area contributed by atoms with Gasteiger partial charge in [-0.1, -0.05) is 29.8 Å². The highest BCUT2D eigenvalue weighted by Gasteiger charge is 2.12. The van der Waals surface area contributed by atoms with Crippen molar-refractivity contribution in [2.45, 2.75) is 33.2 Å². The number of carbonyl (C=O) groups excluding carboxylic acids is 1. The normalized spacial score (nSPS) is 12.2. The maximum Gasteiger partial charge on any atom is 0.189 e. The first-order valence-corrected chi connectivity index (χ1v) is 6.86. The van der Waals surface area contributed by atoms with Gasteiger partial charge in [-0.15, -0.1) is 0 Å². The SMILES string of the molecule is Cc1ccc(C(=O)/C=C(/NCCN)NC(C)(C)C)cc1. The largest absolute Gasteiger partial charge is 0.371 e. The lowest BCUT2D eigenvalue weighted by atomic mass is 10.1. The molecule has 1 rings (SSSR count). The molecule has 0 aromatic heterocycles. The summed E-state index contributed by atoms with van der Waals surface area (Å²) in [6, 6.07) is 7.55. The number of ketones is 1. The van der Waals surface area contributed by atoms with Gasteiger partial charge >= 0.3 is 0 Å². The van der Waals surface area contributed by atoms with Gasteiger partial charge in [0.25, 0.3) is 0 Å². The number of nitrogens with one attached hydrogen (secondary N) is 2. The van der Waals surface area contributed by atoms with Gasteiger partial charge < -0.3 is 16.4 Å². The predicted molar refractivity (Wildman–Crippen MR) is 83.5 cm³/mol. The van der Waals surface area contributed by atoms with Gasteiger partial charge in [0, 0.05) is 30.3 Å². The zero-order chi connectivity index (χ0) is 15.2. The highest BCUT2D eigenvalue weighted by molar-refractivity contribution is 6.04. The predicted octanol–water partition coefficient (Wildman–Crippen LogP) is 1.96. The number of benzene rings is 1. The summed E-state index contributed by atoms with van der Waals surface area (Å²) in [6.07, 6.45) is 1.59. The third kappa shape index (κ3) is 5.89. The van der Waals surface area contributed by atoms with Gasteiger partial charge in [0.2, 0.25) is 0 Å². The number of hydrogen-bond donors (Lipinski definition) is 3. The van der Waals surface area contributed by atoms with Crippen LogP contribution < -0.4 is 16.4 Å². The molecule has 0 saturated carbocycles. The first-order chi connectivity index (χ1) is 9.31. The molecule has 0 bridgehead atoms. The van der Waals surface area contributed by atoms with Gasteiger partial charge in [-0.05, 0) is 27.7 Å². The molecule has 110 valence electrons. The second-order valence-electron chi connectivity index (χ2n) is 5.88. The minimum absolute atomic E-state index is 0.0266. The maximum absolute atomic E-state index is 12.2. The van der Waals surface area contributed by atoms with Crippen molar-refractivity contribution in [2.24, 2.45) is 5.73 Å². The number of allylic oxidation sites excluding steroid dienone is 1. The Kier molecular flexibility index (Phi) is 5.77. The lowest BCUT2D eigenvalue weighted by Crippen LogP contribution is -2.41. The third-order valence-corrected chi connectivity index (χ3v) is 2.58. The van der Waals surface area contributed by atoms with Crippen LogP contribution in [0.25, 0.3) is 0 Å². The van der Waals surface area contributed by atoms with Crippen LogP contribution in [-0.2, 0) is 0 Å². The molecule has 0 heterocycles. The summed E-state index contributed by atoms with van der Waals surface area (Å²) in [6.45, 7) is 9.27. The summed E-state index contributed by atoms with van der Waals surface area (Å²) < 4.78 is 0.